The average molecular weight is 263 g/mol. The molecule has 1 aromatic heterocycles. The van der Waals surface area contributed by atoms with Crippen LogP contribution in [0.1, 0.15) is 31.9 Å². The molecule has 1 atom stereocenters. The molecule has 0 aliphatic carbocycles. The van der Waals surface area contributed by atoms with Gasteiger partial charge in [-0.05, 0) is 41.9 Å². The molecule has 0 saturated carbocycles. The van der Waals surface area contributed by atoms with Crippen molar-refractivity contribution in [3.05, 3.63) is 35.2 Å². The standard InChI is InChI=1S/C15H21NOS/c1-3-16(4-2)10-8-14(17)13-7-5-6-12-9-11-18-15(12)13/h5-7,9,11,14,17H,3-4,8,10H2,1-2H3. The maximum atomic E-state index is 10.4. The molecular weight excluding hydrogens is 242 g/mol. The van der Waals surface area contributed by atoms with Crippen LogP contribution < -0.4 is 0 Å². The molecule has 2 aromatic rings. The van der Waals surface area contributed by atoms with Gasteiger partial charge in [-0.3, -0.25) is 0 Å². The van der Waals surface area contributed by atoms with Crippen molar-refractivity contribution in [2.75, 3.05) is 19.6 Å². The fraction of sp³-hybridized carbons (Fsp3) is 0.467. The van der Waals surface area contributed by atoms with E-state index in [9.17, 15) is 5.11 Å². The van der Waals surface area contributed by atoms with Crippen LogP contribution in [0.3, 0.4) is 0 Å². The fourth-order valence-electron chi connectivity index (χ4n) is 2.28. The Labute approximate surface area is 113 Å². The van der Waals surface area contributed by atoms with Crippen LogP contribution in [0.15, 0.2) is 29.6 Å². The average Bonchev–Trinajstić information content (AvgIpc) is 2.87. The van der Waals surface area contributed by atoms with Gasteiger partial charge in [-0.1, -0.05) is 32.0 Å². The Morgan fingerprint density at radius 2 is 2.00 bits per heavy atom. The molecule has 2 rings (SSSR count). The third-order valence-electron chi connectivity index (χ3n) is 3.48. The minimum absolute atomic E-state index is 0.354. The van der Waals surface area contributed by atoms with E-state index in [0.717, 1.165) is 31.6 Å². The van der Waals surface area contributed by atoms with E-state index < -0.39 is 0 Å². The zero-order valence-electron chi connectivity index (χ0n) is 11.1. The van der Waals surface area contributed by atoms with E-state index >= 15 is 0 Å². The van der Waals surface area contributed by atoms with Gasteiger partial charge in [0.15, 0.2) is 0 Å². The van der Waals surface area contributed by atoms with Crippen LogP contribution >= 0.6 is 11.3 Å². The van der Waals surface area contributed by atoms with Gasteiger partial charge in [0.2, 0.25) is 0 Å². The first-order valence-corrected chi connectivity index (χ1v) is 7.50. The van der Waals surface area contributed by atoms with Gasteiger partial charge in [0.1, 0.15) is 0 Å². The summed E-state index contributed by atoms with van der Waals surface area (Å²) in [6, 6.07) is 8.30. The molecular formula is C15H21NOS. The normalized spacial score (nSPS) is 13.3. The summed E-state index contributed by atoms with van der Waals surface area (Å²) in [5, 5.41) is 13.7. The number of nitrogens with zero attached hydrogens (tertiary/aromatic N) is 1. The number of thiophene rings is 1. The molecule has 0 saturated heterocycles. The highest BCUT2D eigenvalue weighted by atomic mass is 32.1. The summed E-state index contributed by atoms with van der Waals surface area (Å²) >= 11 is 1.71. The van der Waals surface area contributed by atoms with Gasteiger partial charge in [0.05, 0.1) is 6.10 Å². The molecule has 98 valence electrons. The van der Waals surface area contributed by atoms with Crippen molar-refractivity contribution in [2.24, 2.45) is 0 Å². The van der Waals surface area contributed by atoms with Gasteiger partial charge in [-0.25, -0.2) is 0 Å². The van der Waals surface area contributed by atoms with Crippen molar-refractivity contribution < 1.29 is 5.11 Å². The second-order valence-electron chi connectivity index (χ2n) is 4.52. The summed E-state index contributed by atoms with van der Waals surface area (Å²) in [5.74, 6) is 0. The number of aliphatic hydroxyl groups excluding tert-OH is 1. The second-order valence-corrected chi connectivity index (χ2v) is 5.43. The van der Waals surface area contributed by atoms with Gasteiger partial charge in [-0.15, -0.1) is 11.3 Å². The Balaban J connectivity index is 2.08. The Hall–Kier alpha value is -0.900. The first-order chi connectivity index (χ1) is 8.76. The lowest BCUT2D eigenvalue weighted by Gasteiger charge is -2.20. The van der Waals surface area contributed by atoms with Crippen LogP contribution in [0.2, 0.25) is 0 Å². The number of hydrogen-bond donors (Lipinski definition) is 1. The van der Waals surface area contributed by atoms with Crippen molar-refractivity contribution in [2.45, 2.75) is 26.4 Å². The summed E-state index contributed by atoms with van der Waals surface area (Å²) in [5.41, 5.74) is 1.08. The molecule has 1 N–H and O–H groups in total. The number of benzene rings is 1. The van der Waals surface area contributed by atoms with Crippen molar-refractivity contribution in [3.63, 3.8) is 0 Å². The molecule has 0 radical (unpaired) electrons. The van der Waals surface area contributed by atoms with Crippen molar-refractivity contribution in [3.8, 4) is 0 Å². The highest BCUT2D eigenvalue weighted by molar-refractivity contribution is 7.17. The monoisotopic (exact) mass is 263 g/mol. The van der Waals surface area contributed by atoms with Crippen LogP contribution in [-0.4, -0.2) is 29.6 Å². The summed E-state index contributed by atoms with van der Waals surface area (Å²) in [6.45, 7) is 7.38. The molecule has 1 heterocycles. The SMILES string of the molecule is CCN(CC)CCC(O)c1cccc2ccsc12. The number of hydrogen-bond acceptors (Lipinski definition) is 3. The Morgan fingerprint density at radius 1 is 1.22 bits per heavy atom. The summed E-state index contributed by atoms with van der Waals surface area (Å²) in [4.78, 5) is 2.35. The molecule has 0 aliphatic heterocycles. The number of rotatable bonds is 6. The molecule has 2 nitrogen and oxygen atoms in total. The maximum Gasteiger partial charge on any atom is 0.0816 e. The van der Waals surface area contributed by atoms with Crippen molar-refractivity contribution >= 4 is 21.4 Å². The smallest absolute Gasteiger partial charge is 0.0816 e. The molecule has 3 heteroatoms. The van der Waals surface area contributed by atoms with E-state index in [1.54, 1.807) is 11.3 Å². The fourth-order valence-corrected chi connectivity index (χ4v) is 3.24. The topological polar surface area (TPSA) is 23.5 Å². The lowest BCUT2D eigenvalue weighted by atomic mass is 10.0. The van der Waals surface area contributed by atoms with Gasteiger partial charge in [0, 0.05) is 11.2 Å². The molecule has 0 spiro atoms. The van der Waals surface area contributed by atoms with Crippen LogP contribution in [0.25, 0.3) is 10.1 Å². The first-order valence-electron chi connectivity index (χ1n) is 6.62. The van der Waals surface area contributed by atoms with Crippen LogP contribution in [0.5, 0.6) is 0 Å². The lowest BCUT2D eigenvalue weighted by Crippen LogP contribution is -2.25. The number of aliphatic hydroxyl groups is 1. The van der Waals surface area contributed by atoms with Crippen molar-refractivity contribution in [1.82, 2.24) is 4.90 Å². The van der Waals surface area contributed by atoms with E-state index in [2.05, 4.69) is 36.3 Å². The first kappa shape index (κ1) is 13.5. The van der Waals surface area contributed by atoms with Gasteiger partial charge >= 0.3 is 0 Å². The minimum atomic E-state index is -0.354. The second kappa shape index (κ2) is 6.32. The van der Waals surface area contributed by atoms with Gasteiger partial charge in [-0.2, -0.15) is 0 Å². The van der Waals surface area contributed by atoms with Crippen molar-refractivity contribution in [1.29, 1.82) is 0 Å². The highest BCUT2D eigenvalue weighted by Gasteiger charge is 2.13. The highest BCUT2D eigenvalue weighted by Crippen LogP contribution is 2.30. The molecule has 0 fully saturated rings. The molecule has 0 aliphatic rings. The Morgan fingerprint density at radius 3 is 2.72 bits per heavy atom. The summed E-state index contributed by atoms with van der Waals surface area (Å²) in [6.07, 6.45) is 0.451. The van der Waals surface area contributed by atoms with Gasteiger partial charge in [0.25, 0.3) is 0 Å². The maximum absolute atomic E-state index is 10.4. The third kappa shape index (κ3) is 2.91. The predicted octanol–water partition coefficient (Wildman–Crippen LogP) is 3.67. The lowest BCUT2D eigenvalue weighted by molar-refractivity contribution is 0.146. The zero-order valence-corrected chi connectivity index (χ0v) is 11.9. The van der Waals surface area contributed by atoms with E-state index in [0.29, 0.717) is 0 Å². The molecule has 1 unspecified atom stereocenters. The predicted molar refractivity (Wildman–Crippen MR) is 79.2 cm³/mol. The molecule has 0 amide bonds. The Kier molecular flexibility index (Phi) is 4.75. The number of fused-ring (bicyclic) bond motifs is 1. The summed E-state index contributed by atoms with van der Waals surface area (Å²) in [7, 11) is 0. The van der Waals surface area contributed by atoms with E-state index in [-0.39, 0.29) is 6.10 Å². The van der Waals surface area contributed by atoms with E-state index in [1.165, 1.54) is 10.1 Å². The van der Waals surface area contributed by atoms with Crippen LogP contribution in [0.4, 0.5) is 0 Å². The third-order valence-corrected chi connectivity index (χ3v) is 4.46. The minimum Gasteiger partial charge on any atom is -0.388 e. The zero-order chi connectivity index (χ0) is 13.0. The summed E-state index contributed by atoms with van der Waals surface area (Å²) < 4.78 is 1.23. The van der Waals surface area contributed by atoms with Crippen LogP contribution in [0, 0.1) is 0 Å². The van der Waals surface area contributed by atoms with E-state index in [4.69, 9.17) is 0 Å². The largest absolute Gasteiger partial charge is 0.388 e. The molecule has 1 aromatic carbocycles. The molecule has 0 bridgehead atoms. The Bertz CT molecular complexity index is 490. The van der Waals surface area contributed by atoms with E-state index in [1.807, 2.05) is 12.1 Å². The quantitative estimate of drug-likeness (QED) is 0.859. The molecule has 18 heavy (non-hydrogen) atoms. The van der Waals surface area contributed by atoms with Crippen LogP contribution in [-0.2, 0) is 0 Å². The van der Waals surface area contributed by atoms with Gasteiger partial charge < -0.3 is 10.0 Å².